The molecule has 2 amide bonds. The number of carbonyl (C=O) groups excluding carboxylic acids is 2. The average molecular weight is 385 g/mol. The largest absolute Gasteiger partial charge is 0.340 e. The number of rotatable bonds is 4. The molecule has 1 unspecified atom stereocenters. The van der Waals surface area contributed by atoms with E-state index in [1.807, 2.05) is 6.07 Å². The van der Waals surface area contributed by atoms with E-state index in [1.165, 1.54) is 21.1 Å². The number of hydrogen-bond acceptors (Lipinski definition) is 3. The Hall–Kier alpha value is -1.99. The third-order valence-electron chi connectivity index (χ3n) is 4.03. The lowest BCUT2D eigenvalue weighted by atomic mass is 10.1. The Labute approximate surface area is 152 Å². The van der Waals surface area contributed by atoms with Crippen LogP contribution in [0.5, 0.6) is 0 Å². The molecule has 2 heterocycles. The first-order chi connectivity index (χ1) is 11.8. The molecule has 132 valence electrons. The van der Waals surface area contributed by atoms with Crippen LogP contribution in [-0.4, -0.2) is 30.3 Å². The van der Waals surface area contributed by atoms with Crippen LogP contribution in [0.15, 0.2) is 30.3 Å². The summed E-state index contributed by atoms with van der Waals surface area (Å²) in [5.41, 5.74) is 0.130. The summed E-state index contributed by atoms with van der Waals surface area (Å²) in [4.78, 5) is 28.5. The van der Waals surface area contributed by atoms with Gasteiger partial charge in [-0.1, -0.05) is 11.6 Å². The van der Waals surface area contributed by atoms with Crippen molar-refractivity contribution in [2.45, 2.75) is 13.0 Å². The molecule has 1 aromatic carbocycles. The van der Waals surface area contributed by atoms with Crippen LogP contribution in [0, 0.1) is 17.6 Å². The standard InChI is InChI=1S/C17H15ClF2N2O2S/c1-21(9-14-2-3-15(18)25-14)17(24)10-4-16(23)22(8-10)13-6-11(19)5-12(20)7-13/h2-3,5-7,10H,4,8-9H2,1H3. The van der Waals surface area contributed by atoms with Gasteiger partial charge in [0.15, 0.2) is 0 Å². The molecule has 8 heteroatoms. The smallest absolute Gasteiger partial charge is 0.228 e. The van der Waals surface area contributed by atoms with E-state index in [2.05, 4.69) is 0 Å². The Morgan fingerprint density at radius 3 is 2.60 bits per heavy atom. The van der Waals surface area contributed by atoms with Gasteiger partial charge in [-0.3, -0.25) is 9.59 Å². The number of anilines is 1. The van der Waals surface area contributed by atoms with Crippen molar-refractivity contribution in [3.8, 4) is 0 Å². The lowest BCUT2D eigenvalue weighted by Gasteiger charge is -2.21. The molecule has 0 saturated carbocycles. The first-order valence-corrected chi connectivity index (χ1v) is 8.78. The highest BCUT2D eigenvalue weighted by molar-refractivity contribution is 7.16. The molecule has 0 N–H and O–H groups in total. The predicted molar refractivity (Wildman–Crippen MR) is 92.6 cm³/mol. The van der Waals surface area contributed by atoms with E-state index in [1.54, 1.807) is 13.1 Å². The number of benzene rings is 1. The van der Waals surface area contributed by atoms with Crippen molar-refractivity contribution < 1.29 is 18.4 Å². The molecule has 3 rings (SSSR count). The fourth-order valence-electron chi connectivity index (χ4n) is 2.88. The number of amides is 2. The Balaban J connectivity index is 1.69. The molecule has 0 aliphatic carbocycles. The number of halogens is 3. The van der Waals surface area contributed by atoms with Gasteiger partial charge in [-0.25, -0.2) is 8.78 Å². The minimum absolute atomic E-state index is 0.0203. The molecule has 1 fully saturated rings. The lowest BCUT2D eigenvalue weighted by molar-refractivity contribution is -0.135. The van der Waals surface area contributed by atoms with Gasteiger partial charge in [0.25, 0.3) is 0 Å². The Morgan fingerprint density at radius 1 is 1.32 bits per heavy atom. The third kappa shape index (κ3) is 3.99. The Kier molecular flexibility index (Phi) is 5.06. The summed E-state index contributed by atoms with van der Waals surface area (Å²) in [6, 6.07) is 6.53. The van der Waals surface area contributed by atoms with Gasteiger partial charge in [0.2, 0.25) is 11.8 Å². The van der Waals surface area contributed by atoms with E-state index in [4.69, 9.17) is 11.6 Å². The van der Waals surface area contributed by atoms with Gasteiger partial charge in [0.05, 0.1) is 16.8 Å². The van der Waals surface area contributed by atoms with Crippen LogP contribution in [0.25, 0.3) is 0 Å². The van der Waals surface area contributed by atoms with Crippen molar-refractivity contribution in [1.82, 2.24) is 4.90 Å². The SMILES string of the molecule is CN(Cc1ccc(Cl)s1)C(=O)C1CC(=O)N(c2cc(F)cc(F)c2)C1. The van der Waals surface area contributed by atoms with Gasteiger partial charge in [-0.15, -0.1) is 11.3 Å². The van der Waals surface area contributed by atoms with Gasteiger partial charge in [-0.05, 0) is 24.3 Å². The second-order valence-corrected chi connectivity index (χ2v) is 7.73. The average Bonchev–Trinajstić information content (AvgIpc) is 3.11. The van der Waals surface area contributed by atoms with Crippen LogP contribution in [0.1, 0.15) is 11.3 Å². The summed E-state index contributed by atoms with van der Waals surface area (Å²) >= 11 is 7.27. The maximum atomic E-state index is 13.4. The summed E-state index contributed by atoms with van der Waals surface area (Å²) in [5.74, 6) is -2.57. The highest BCUT2D eigenvalue weighted by atomic mass is 35.5. The molecular weight excluding hydrogens is 370 g/mol. The minimum atomic E-state index is -0.760. The predicted octanol–water partition coefficient (Wildman–Crippen LogP) is 3.69. The first-order valence-electron chi connectivity index (χ1n) is 7.59. The monoisotopic (exact) mass is 384 g/mol. The van der Waals surface area contributed by atoms with E-state index in [9.17, 15) is 18.4 Å². The molecule has 1 saturated heterocycles. The van der Waals surface area contributed by atoms with Crippen LogP contribution in [0.2, 0.25) is 4.34 Å². The number of carbonyl (C=O) groups is 2. The molecule has 1 atom stereocenters. The molecule has 1 aromatic heterocycles. The maximum Gasteiger partial charge on any atom is 0.228 e. The molecule has 1 aliphatic heterocycles. The van der Waals surface area contributed by atoms with Crippen molar-refractivity contribution in [2.75, 3.05) is 18.5 Å². The molecule has 25 heavy (non-hydrogen) atoms. The van der Waals surface area contributed by atoms with Crippen molar-refractivity contribution >= 4 is 40.4 Å². The summed E-state index contributed by atoms with van der Waals surface area (Å²) in [7, 11) is 1.66. The number of nitrogens with zero attached hydrogens (tertiary/aromatic N) is 2. The first kappa shape index (κ1) is 17.8. The molecule has 0 bridgehead atoms. The van der Waals surface area contributed by atoms with E-state index in [-0.39, 0.29) is 30.5 Å². The summed E-state index contributed by atoms with van der Waals surface area (Å²) in [6.45, 7) is 0.506. The number of hydrogen-bond donors (Lipinski definition) is 0. The zero-order valence-corrected chi connectivity index (χ0v) is 14.9. The summed E-state index contributed by atoms with van der Waals surface area (Å²) in [6.07, 6.45) is 0.0203. The highest BCUT2D eigenvalue weighted by Crippen LogP contribution is 2.28. The van der Waals surface area contributed by atoms with E-state index in [0.717, 1.165) is 23.1 Å². The van der Waals surface area contributed by atoms with Crippen molar-refractivity contribution in [1.29, 1.82) is 0 Å². The summed E-state index contributed by atoms with van der Waals surface area (Å²) < 4.78 is 27.4. The van der Waals surface area contributed by atoms with Crippen molar-refractivity contribution in [3.63, 3.8) is 0 Å². The van der Waals surface area contributed by atoms with Gasteiger partial charge in [0, 0.05) is 36.6 Å². The van der Waals surface area contributed by atoms with Gasteiger partial charge in [0.1, 0.15) is 11.6 Å². The Bertz CT molecular complexity index is 806. The van der Waals surface area contributed by atoms with Crippen LogP contribution < -0.4 is 4.90 Å². The molecule has 4 nitrogen and oxygen atoms in total. The van der Waals surface area contributed by atoms with Gasteiger partial charge in [-0.2, -0.15) is 0 Å². The molecule has 1 aliphatic rings. The van der Waals surface area contributed by atoms with E-state index < -0.39 is 17.6 Å². The maximum absolute atomic E-state index is 13.4. The van der Waals surface area contributed by atoms with Crippen LogP contribution in [-0.2, 0) is 16.1 Å². The second kappa shape index (κ2) is 7.09. The minimum Gasteiger partial charge on any atom is -0.340 e. The quantitative estimate of drug-likeness (QED) is 0.806. The molecular formula is C17H15ClF2N2O2S. The normalized spacial score (nSPS) is 17.2. The fraction of sp³-hybridized carbons (Fsp3) is 0.294. The zero-order chi connectivity index (χ0) is 18.1. The van der Waals surface area contributed by atoms with Gasteiger partial charge < -0.3 is 9.80 Å². The third-order valence-corrected chi connectivity index (χ3v) is 5.25. The second-order valence-electron chi connectivity index (χ2n) is 5.93. The fourth-order valence-corrected chi connectivity index (χ4v) is 4.02. The molecule has 0 radical (unpaired) electrons. The van der Waals surface area contributed by atoms with Crippen LogP contribution in [0.3, 0.4) is 0 Å². The van der Waals surface area contributed by atoms with Gasteiger partial charge >= 0.3 is 0 Å². The zero-order valence-electron chi connectivity index (χ0n) is 13.3. The van der Waals surface area contributed by atoms with Crippen LogP contribution >= 0.6 is 22.9 Å². The van der Waals surface area contributed by atoms with Crippen molar-refractivity contribution in [3.05, 3.63) is 51.2 Å². The number of thiophene rings is 1. The summed E-state index contributed by atoms with van der Waals surface area (Å²) in [5, 5.41) is 0. The highest BCUT2D eigenvalue weighted by Gasteiger charge is 2.36. The van der Waals surface area contributed by atoms with E-state index in [0.29, 0.717) is 10.9 Å². The van der Waals surface area contributed by atoms with E-state index >= 15 is 0 Å². The lowest BCUT2D eigenvalue weighted by Crippen LogP contribution is -2.34. The Morgan fingerprint density at radius 2 is 2.00 bits per heavy atom. The van der Waals surface area contributed by atoms with Crippen molar-refractivity contribution in [2.24, 2.45) is 5.92 Å². The molecule has 0 spiro atoms. The van der Waals surface area contributed by atoms with Crippen LogP contribution in [0.4, 0.5) is 14.5 Å². The molecule has 2 aromatic rings. The topological polar surface area (TPSA) is 40.6 Å².